The number of carbonyl (C=O) groups excluding carboxylic acids is 1. The van der Waals surface area contributed by atoms with Gasteiger partial charge in [-0.15, -0.1) is 0 Å². The largest absolute Gasteiger partial charge is 0.471 e. The summed E-state index contributed by atoms with van der Waals surface area (Å²) in [6, 6.07) is 0. The van der Waals surface area contributed by atoms with Gasteiger partial charge in [-0.3, -0.25) is 0 Å². The summed E-state index contributed by atoms with van der Waals surface area (Å²) in [6.45, 7) is -0.857. The van der Waals surface area contributed by atoms with E-state index in [2.05, 4.69) is 0 Å². The molecular weight excluding hydrogens is 364 g/mol. The zero-order valence-corrected chi connectivity index (χ0v) is 14.7. The Kier molecular flexibility index (Phi) is 6.16. The number of ether oxygens (including phenoxy) is 4. The summed E-state index contributed by atoms with van der Waals surface area (Å²) >= 11 is 0. The third-order valence-corrected chi connectivity index (χ3v) is 5.24. The molecular formula is C17H24O10. The van der Waals surface area contributed by atoms with E-state index in [4.69, 9.17) is 18.9 Å². The van der Waals surface area contributed by atoms with Crippen molar-refractivity contribution in [3.05, 3.63) is 23.5 Å². The molecule has 27 heavy (non-hydrogen) atoms. The molecule has 8 atom stereocenters. The third-order valence-electron chi connectivity index (χ3n) is 5.24. The number of aliphatic hydroxyl groups is 5. The monoisotopic (exact) mass is 388 g/mol. The summed E-state index contributed by atoms with van der Waals surface area (Å²) in [7, 11) is 1.25. The predicted molar refractivity (Wildman–Crippen MR) is 86.6 cm³/mol. The van der Waals surface area contributed by atoms with Crippen molar-refractivity contribution in [1.82, 2.24) is 0 Å². The molecule has 10 nitrogen and oxygen atoms in total. The van der Waals surface area contributed by atoms with E-state index in [0.717, 1.165) is 0 Å². The predicted octanol–water partition coefficient (Wildman–Crippen LogP) is -2.23. The molecule has 0 spiro atoms. The summed E-state index contributed by atoms with van der Waals surface area (Å²) in [4.78, 5) is 12.0. The Morgan fingerprint density at radius 1 is 1.19 bits per heavy atom. The van der Waals surface area contributed by atoms with Gasteiger partial charge in [0.15, 0.2) is 6.29 Å². The highest BCUT2D eigenvalue weighted by Crippen LogP contribution is 2.44. The first-order chi connectivity index (χ1) is 12.9. The minimum absolute atomic E-state index is 0.270. The van der Waals surface area contributed by atoms with Gasteiger partial charge in [0.1, 0.15) is 24.4 Å². The lowest BCUT2D eigenvalue weighted by atomic mass is 9.83. The molecule has 10 heteroatoms. The van der Waals surface area contributed by atoms with Crippen molar-refractivity contribution in [3.8, 4) is 0 Å². The molecule has 0 aromatic carbocycles. The third kappa shape index (κ3) is 3.61. The van der Waals surface area contributed by atoms with Crippen LogP contribution < -0.4 is 0 Å². The number of methoxy groups -OCH3 is 1. The number of hydrogen-bond acceptors (Lipinski definition) is 10. The Hall–Kier alpha value is -1.53. The molecule has 0 saturated carbocycles. The molecule has 3 aliphatic rings. The van der Waals surface area contributed by atoms with E-state index in [-0.39, 0.29) is 12.5 Å². The zero-order chi connectivity index (χ0) is 19.7. The number of esters is 1. The second-order valence-electron chi connectivity index (χ2n) is 6.71. The van der Waals surface area contributed by atoms with Crippen molar-refractivity contribution in [2.75, 3.05) is 20.3 Å². The van der Waals surface area contributed by atoms with Crippen LogP contribution in [0.4, 0.5) is 0 Å². The first-order valence-electron chi connectivity index (χ1n) is 8.62. The van der Waals surface area contributed by atoms with Gasteiger partial charge < -0.3 is 44.5 Å². The van der Waals surface area contributed by atoms with Crippen molar-refractivity contribution >= 4 is 5.97 Å². The van der Waals surface area contributed by atoms with Crippen molar-refractivity contribution in [2.24, 2.45) is 11.8 Å². The van der Waals surface area contributed by atoms with Gasteiger partial charge in [-0.1, -0.05) is 6.08 Å². The van der Waals surface area contributed by atoms with Gasteiger partial charge >= 0.3 is 5.97 Å². The molecule has 3 rings (SSSR count). The van der Waals surface area contributed by atoms with Crippen LogP contribution in [0.1, 0.15) is 6.42 Å². The Labute approximate surface area is 155 Å². The highest BCUT2D eigenvalue weighted by molar-refractivity contribution is 5.89. The molecule has 0 unspecified atom stereocenters. The highest BCUT2D eigenvalue weighted by Gasteiger charge is 2.49. The lowest BCUT2D eigenvalue weighted by Gasteiger charge is -2.42. The van der Waals surface area contributed by atoms with Crippen LogP contribution in [0.2, 0.25) is 0 Å². The fourth-order valence-electron chi connectivity index (χ4n) is 3.73. The van der Waals surface area contributed by atoms with Crippen molar-refractivity contribution in [1.29, 1.82) is 0 Å². The van der Waals surface area contributed by atoms with Crippen LogP contribution in [0.3, 0.4) is 0 Å². The normalized spacial score (nSPS) is 41.3. The molecule has 0 radical (unpaired) electrons. The topological polar surface area (TPSA) is 155 Å². The van der Waals surface area contributed by atoms with E-state index >= 15 is 0 Å². The number of carbonyl (C=O) groups is 1. The smallest absolute Gasteiger partial charge is 0.337 e. The van der Waals surface area contributed by atoms with Crippen LogP contribution in [-0.4, -0.2) is 88.8 Å². The molecule has 0 amide bonds. The highest BCUT2D eigenvalue weighted by atomic mass is 16.8. The number of fused-ring (bicyclic) bond motifs is 1. The fraction of sp³-hybridized carbons (Fsp3) is 0.706. The molecule has 0 aromatic heterocycles. The van der Waals surface area contributed by atoms with Crippen LogP contribution in [0.15, 0.2) is 23.5 Å². The van der Waals surface area contributed by atoms with E-state index in [1.807, 2.05) is 0 Å². The Bertz CT molecular complexity index is 615. The molecule has 0 bridgehead atoms. The van der Waals surface area contributed by atoms with Gasteiger partial charge in [0.05, 0.1) is 38.1 Å². The summed E-state index contributed by atoms with van der Waals surface area (Å²) in [5.74, 6) is -1.42. The summed E-state index contributed by atoms with van der Waals surface area (Å²) in [6.07, 6.45) is -4.73. The molecule has 1 fully saturated rings. The quantitative estimate of drug-likeness (QED) is 0.258. The Morgan fingerprint density at radius 2 is 1.93 bits per heavy atom. The van der Waals surface area contributed by atoms with Gasteiger partial charge in [-0.2, -0.15) is 0 Å². The second kappa shape index (κ2) is 8.23. The van der Waals surface area contributed by atoms with E-state index in [0.29, 0.717) is 17.6 Å². The van der Waals surface area contributed by atoms with Crippen molar-refractivity contribution < 1.29 is 49.3 Å². The van der Waals surface area contributed by atoms with Crippen LogP contribution in [0.5, 0.6) is 0 Å². The Balaban J connectivity index is 1.80. The maximum absolute atomic E-state index is 12.0. The number of allylic oxidation sites excluding steroid dienone is 1. The van der Waals surface area contributed by atoms with Crippen LogP contribution >= 0.6 is 0 Å². The van der Waals surface area contributed by atoms with Gasteiger partial charge in [-0.25, -0.2) is 4.79 Å². The molecule has 5 N–H and O–H groups in total. The van der Waals surface area contributed by atoms with E-state index in [9.17, 15) is 30.3 Å². The van der Waals surface area contributed by atoms with E-state index in [1.54, 1.807) is 6.08 Å². The zero-order valence-electron chi connectivity index (χ0n) is 14.7. The maximum atomic E-state index is 12.0. The van der Waals surface area contributed by atoms with E-state index < -0.39 is 55.5 Å². The van der Waals surface area contributed by atoms with Crippen LogP contribution in [-0.2, 0) is 23.7 Å². The molecule has 1 aliphatic carbocycles. The molecule has 2 aliphatic heterocycles. The molecule has 1 saturated heterocycles. The molecule has 2 heterocycles. The number of hydrogen-bond donors (Lipinski definition) is 5. The average Bonchev–Trinajstić information content (AvgIpc) is 3.12. The summed E-state index contributed by atoms with van der Waals surface area (Å²) < 4.78 is 21.3. The average molecular weight is 388 g/mol. The van der Waals surface area contributed by atoms with E-state index in [1.165, 1.54) is 13.4 Å². The van der Waals surface area contributed by atoms with Gasteiger partial charge in [0.25, 0.3) is 0 Å². The number of aliphatic hydroxyl groups excluding tert-OH is 5. The number of rotatable bonds is 5. The van der Waals surface area contributed by atoms with Crippen molar-refractivity contribution in [2.45, 2.75) is 43.4 Å². The first kappa shape index (κ1) is 20.2. The first-order valence-corrected chi connectivity index (χ1v) is 8.62. The van der Waals surface area contributed by atoms with Crippen LogP contribution in [0, 0.1) is 11.8 Å². The van der Waals surface area contributed by atoms with Gasteiger partial charge in [0.2, 0.25) is 6.29 Å². The van der Waals surface area contributed by atoms with Crippen molar-refractivity contribution in [3.63, 3.8) is 0 Å². The Morgan fingerprint density at radius 3 is 2.56 bits per heavy atom. The minimum atomic E-state index is -1.59. The van der Waals surface area contributed by atoms with Gasteiger partial charge in [-0.05, 0) is 12.0 Å². The van der Waals surface area contributed by atoms with Gasteiger partial charge in [0, 0.05) is 5.92 Å². The lowest BCUT2D eigenvalue weighted by molar-refractivity contribution is -0.339. The summed E-state index contributed by atoms with van der Waals surface area (Å²) in [5.41, 5.74) is 0.903. The summed E-state index contributed by atoms with van der Waals surface area (Å²) in [5, 5.41) is 48.8. The van der Waals surface area contributed by atoms with Crippen LogP contribution in [0.25, 0.3) is 0 Å². The molecule has 152 valence electrons. The fourth-order valence-corrected chi connectivity index (χ4v) is 3.73. The standard InChI is InChI=1S/C17H24O10/c1-24-15(23)9-6-25-16(11-7(4-18)2-3-8(9)11)27-17-14(22)13(21)12(20)10(5-19)26-17/h2,6,8,10-14,16-22H,3-5H2,1H3/t8-,10-,11-,12-,13+,14-,16+,17+/m1/s1. The maximum Gasteiger partial charge on any atom is 0.337 e. The molecule has 0 aromatic rings. The SMILES string of the molecule is COC(=O)C1=CO[C@@H](O[C@@H]2O[C@H](CO)[C@@H](O)[C@H](O)[C@H]2O)[C@@H]2C(CO)=CC[C@H]12. The lowest BCUT2D eigenvalue weighted by Crippen LogP contribution is -2.60. The second-order valence-corrected chi connectivity index (χ2v) is 6.71. The minimum Gasteiger partial charge on any atom is -0.471 e.